The number of benzene rings is 1. The molecule has 0 radical (unpaired) electrons. The number of nitro benzene ring substituents is 1. The van der Waals surface area contributed by atoms with E-state index in [-0.39, 0.29) is 16.7 Å². The van der Waals surface area contributed by atoms with Crippen molar-refractivity contribution in [2.24, 2.45) is 0 Å². The van der Waals surface area contributed by atoms with Gasteiger partial charge in [0.1, 0.15) is 5.76 Å². The van der Waals surface area contributed by atoms with Gasteiger partial charge in [-0.1, -0.05) is 0 Å². The second-order valence-corrected chi connectivity index (χ2v) is 4.92. The molecule has 1 atom stereocenters. The summed E-state index contributed by atoms with van der Waals surface area (Å²) in [5, 5.41) is 14.1. The predicted octanol–water partition coefficient (Wildman–Crippen LogP) is 3.93. The number of nitro groups is 1. The van der Waals surface area contributed by atoms with E-state index in [1.807, 2.05) is 18.2 Å². The number of furan rings is 1. The lowest BCUT2D eigenvalue weighted by Crippen LogP contribution is -2.16. The van der Waals surface area contributed by atoms with E-state index < -0.39 is 0 Å². The van der Waals surface area contributed by atoms with Crippen molar-refractivity contribution in [3.05, 3.63) is 58.0 Å². The van der Waals surface area contributed by atoms with Crippen molar-refractivity contribution in [1.82, 2.24) is 0 Å². The first-order valence-corrected chi connectivity index (χ1v) is 6.60. The Kier molecular flexibility index (Phi) is 4.40. The van der Waals surface area contributed by atoms with Crippen molar-refractivity contribution in [3.8, 4) is 0 Å². The highest BCUT2D eigenvalue weighted by Gasteiger charge is 2.11. The van der Waals surface area contributed by atoms with Crippen LogP contribution in [0.25, 0.3) is 0 Å². The monoisotopic (exact) mass is 274 g/mol. The van der Waals surface area contributed by atoms with Crippen LogP contribution in [0.2, 0.25) is 0 Å². The Morgan fingerprint density at radius 2 is 2.20 bits per heavy atom. The maximum Gasteiger partial charge on any atom is 0.272 e. The summed E-state index contributed by atoms with van der Waals surface area (Å²) < 4.78 is 5.29. The Bertz CT molecular complexity index is 579. The fourth-order valence-electron chi connectivity index (χ4n) is 2.12. The smallest absolute Gasteiger partial charge is 0.272 e. The minimum absolute atomic E-state index is 0.152. The van der Waals surface area contributed by atoms with E-state index in [2.05, 4.69) is 12.2 Å². The maximum absolute atomic E-state index is 10.8. The van der Waals surface area contributed by atoms with Crippen LogP contribution in [-0.4, -0.2) is 11.0 Å². The molecular weight excluding hydrogens is 256 g/mol. The Hall–Kier alpha value is -2.30. The average Bonchev–Trinajstić information content (AvgIpc) is 2.89. The molecule has 0 saturated carbocycles. The van der Waals surface area contributed by atoms with Gasteiger partial charge in [0.2, 0.25) is 0 Å². The van der Waals surface area contributed by atoms with Crippen molar-refractivity contribution in [2.45, 2.75) is 32.7 Å². The molecule has 0 fully saturated rings. The van der Waals surface area contributed by atoms with Crippen LogP contribution in [0.5, 0.6) is 0 Å². The second-order valence-electron chi connectivity index (χ2n) is 4.92. The van der Waals surface area contributed by atoms with Crippen molar-refractivity contribution in [2.75, 3.05) is 5.32 Å². The van der Waals surface area contributed by atoms with Gasteiger partial charge in [0, 0.05) is 29.8 Å². The lowest BCUT2D eigenvalue weighted by Gasteiger charge is -2.15. The Balaban J connectivity index is 1.92. The lowest BCUT2D eigenvalue weighted by atomic mass is 10.1. The molecule has 0 bridgehead atoms. The third kappa shape index (κ3) is 3.60. The van der Waals surface area contributed by atoms with Crippen molar-refractivity contribution in [1.29, 1.82) is 0 Å². The normalized spacial score (nSPS) is 12.1. The fourth-order valence-corrected chi connectivity index (χ4v) is 2.12. The number of nitrogens with one attached hydrogen (secondary N) is 1. The summed E-state index contributed by atoms with van der Waals surface area (Å²) in [6.45, 7) is 3.83. The lowest BCUT2D eigenvalue weighted by molar-refractivity contribution is -0.385. The minimum atomic E-state index is -0.362. The molecule has 0 aliphatic rings. The number of hydrogen-bond acceptors (Lipinski definition) is 4. The highest BCUT2D eigenvalue weighted by atomic mass is 16.6. The molecular formula is C15H18N2O3. The third-order valence-corrected chi connectivity index (χ3v) is 3.21. The molecule has 0 amide bonds. The number of hydrogen-bond donors (Lipinski definition) is 1. The molecule has 5 nitrogen and oxygen atoms in total. The Morgan fingerprint density at radius 1 is 1.40 bits per heavy atom. The van der Waals surface area contributed by atoms with Crippen molar-refractivity contribution < 1.29 is 9.34 Å². The van der Waals surface area contributed by atoms with Crippen LogP contribution >= 0.6 is 0 Å². The zero-order valence-corrected chi connectivity index (χ0v) is 11.6. The van der Waals surface area contributed by atoms with Gasteiger partial charge in [-0.3, -0.25) is 10.1 Å². The van der Waals surface area contributed by atoms with Crippen molar-refractivity contribution >= 4 is 11.4 Å². The van der Waals surface area contributed by atoms with E-state index in [9.17, 15) is 10.1 Å². The van der Waals surface area contributed by atoms with Gasteiger partial charge in [-0.2, -0.15) is 0 Å². The number of rotatable bonds is 6. The number of nitrogens with zero attached hydrogens (tertiary/aromatic N) is 1. The molecule has 1 aromatic heterocycles. The average molecular weight is 274 g/mol. The van der Waals surface area contributed by atoms with Gasteiger partial charge in [-0.05, 0) is 44.5 Å². The molecule has 2 rings (SSSR count). The first kappa shape index (κ1) is 14.1. The van der Waals surface area contributed by atoms with Gasteiger partial charge in [-0.15, -0.1) is 0 Å². The van der Waals surface area contributed by atoms with Crippen molar-refractivity contribution in [3.63, 3.8) is 0 Å². The molecule has 0 aliphatic heterocycles. The molecule has 1 unspecified atom stereocenters. The van der Waals surface area contributed by atoms with Crippen LogP contribution in [0.3, 0.4) is 0 Å². The molecule has 0 aliphatic carbocycles. The maximum atomic E-state index is 10.8. The summed E-state index contributed by atoms with van der Waals surface area (Å²) in [5.41, 5.74) is 1.72. The summed E-state index contributed by atoms with van der Waals surface area (Å²) in [4.78, 5) is 10.4. The highest BCUT2D eigenvalue weighted by Crippen LogP contribution is 2.22. The van der Waals surface area contributed by atoms with E-state index in [1.165, 1.54) is 6.07 Å². The quantitative estimate of drug-likeness (QED) is 0.640. The number of aryl methyl sites for hydroxylation is 2. The minimum Gasteiger partial charge on any atom is -0.469 e. The summed E-state index contributed by atoms with van der Waals surface area (Å²) in [7, 11) is 0. The molecule has 1 heterocycles. The molecule has 2 aromatic rings. The van der Waals surface area contributed by atoms with Crippen LogP contribution in [0.15, 0.2) is 41.0 Å². The van der Waals surface area contributed by atoms with Crippen LogP contribution in [-0.2, 0) is 6.42 Å². The van der Waals surface area contributed by atoms with E-state index in [1.54, 1.807) is 19.3 Å². The first-order valence-electron chi connectivity index (χ1n) is 6.60. The molecule has 5 heteroatoms. The van der Waals surface area contributed by atoms with Gasteiger partial charge in [0.15, 0.2) is 0 Å². The van der Waals surface area contributed by atoms with E-state index in [0.717, 1.165) is 24.3 Å². The molecule has 1 N–H and O–H groups in total. The summed E-state index contributed by atoms with van der Waals surface area (Å²) in [6.07, 6.45) is 3.48. The van der Waals surface area contributed by atoms with Gasteiger partial charge in [-0.25, -0.2) is 0 Å². The van der Waals surface area contributed by atoms with Crippen LogP contribution in [0.4, 0.5) is 11.4 Å². The molecule has 1 aromatic carbocycles. The molecule has 20 heavy (non-hydrogen) atoms. The van der Waals surface area contributed by atoms with Crippen LogP contribution in [0, 0.1) is 17.0 Å². The molecule has 0 saturated heterocycles. The van der Waals surface area contributed by atoms with Gasteiger partial charge in [0.25, 0.3) is 5.69 Å². The topological polar surface area (TPSA) is 68.3 Å². The standard InChI is InChI=1S/C15H18N2O3/c1-11-10-13(6-8-15(11)17(18)19)16-12(2)5-7-14-4-3-9-20-14/h3-4,6,8-10,12,16H,5,7H2,1-2H3. The summed E-state index contributed by atoms with van der Waals surface area (Å²) >= 11 is 0. The Morgan fingerprint density at radius 3 is 2.80 bits per heavy atom. The van der Waals surface area contributed by atoms with Crippen LogP contribution in [0.1, 0.15) is 24.7 Å². The Labute approximate surface area is 117 Å². The van der Waals surface area contributed by atoms with Gasteiger partial charge >= 0.3 is 0 Å². The third-order valence-electron chi connectivity index (χ3n) is 3.21. The first-order chi connectivity index (χ1) is 9.56. The number of anilines is 1. The zero-order valence-electron chi connectivity index (χ0n) is 11.6. The largest absolute Gasteiger partial charge is 0.469 e. The fraction of sp³-hybridized carbons (Fsp3) is 0.333. The van der Waals surface area contributed by atoms with Gasteiger partial charge in [0.05, 0.1) is 11.2 Å². The van der Waals surface area contributed by atoms with E-state index in [4.69, 9.17) is 4.42 Å². The summed E-state index contributed by atoms with van der Waals surface area (Å²) in [5.74, 6) is 0.971. The second kappa shape index (κ2) is 6.23. The molecule has 106 valence electrons. The van der Waals surface area contributed by atoms with E-state index >= 15 is 0 Å². The SMILES string of the molecule is Cc1cc(NC(C)CCc2ccco2)ccc1[N+](=O)[O-]. The molecule has 0 spiro atoms. The predicted molar refractivity (Wildman–Crippen MR) is 77.9 cm³/mol. The van der Waals surface area contributed by atoms with E-state index in [0.29, 0.717) is 5.56 Å². The van der Waals surface area contributed by atoms with Crippen LogP contribution < -0.4 is 5.32 Å². The van der Waals surface area contributed by atoms with Gasteiger partial charge < -0.3 is 9.73 Å². The highest BCUT2D eigenvalue weighted by molar-refractivity contribution is 5.53. The summed E-state index contributed by atoms with van der Waals surface area (Å²) in [6, 6.07) is 9.20. The zero-order chi connectivity index (χ0) is 14.5.